The average Bonchev–Trinajstić information content (AvgIpc) is 2.81. The van der Waals surface area contributed by atoms with E-state index in [4.69, 9.17) is 0 Å². The quantitative estimate of drug-likeness (QED) is 0.913. The molecule has 2 heterocycles. The zero-order chi connectivity index (χ0) is 14.7. The molecule has 5 heteroatoms. The van der Waals surface area contributed by atoms with E-state index in [0.717, 1.165) is 42.6 Å². The highest BCUT2D eigenvalue weighted by molar-refractivity contribution is 9.10. The highest BCUT2D eigenvalue weighted by atomic mass is 79.9. The van der Waals surface area contributed by atoms with Gasteiger partial charge in [-0.25, -0.2) is 0 Å². The van der Waals surface area contributed by atoms with Crippen molar-refractivity contribution in [3.63, 3.8) is 0 Å². The van der Waals surface area contributed by atoms with Crippen molar-refractivity contribution in [2.24, 2.45) is 0 Å². The minimum absolute atomic E-state index is 0.0346. The van der Waals surface area contributed by atoms with Crippen LogP contribution in [0.25, 0.3) is 0 Å². The van der Waals surface area contributed by atoms with Crippen LogP contribution in [0.3, 0.4) is 0 Å². The van der Waals surface area contributed by atoms with E-state index >= 15 is 0 Å². The highest BCUT2D eigenvalue weighted by Gasteiger charge is 2.22. The maximum absolute atomic E-state index is 12.5. The second-order valence-electron chi connectivity index (χ2n) is 5.75. The molecule has 1 N–H and O–H groups in total. The summed E-state index contributed by atoms with van der Waals surface area (Å²) in [5.74, 6) is 0.0346. The van der Waals surface area contributed by atoms with Gasteiger partial charge in [0.2, 0.25) is 0 Å². The zero-order valence-corrected chi connectivity index (χ0v) is 14.1. The molecule has 4 nitrogen and oxygen atoms in total. The van der Waals surface area contributed by atoms with E-state index in [1.165, 1.54) is 0 Å². The summed E-state index contributed by atoms with van der Waals surface area (Å²) in [6.45, 7) is 9.51. The lowest BCUT2D eigenvalue weighted by Gasteiger charge is -2.32. The SMILES string of the molecule is CCN1CCCC(NC(=O)c2cc(Br)cn2C(C)C)C1. The first kappa shape index (κ1) is 15.6. The van der Waals surface area contributed by atoms with Crippen LogP contribution in [0, 0.1) is 0 Å². The number of likely N-dealkylation sites (tertiary alicyclic amines) is 1. The fourth-order valence-corrected chi connectivity index (χ4v) is 3.21. The topological polar surface area (TPSA) is 37.3 Å². The number of nitrogens with zero attached hydrogens (tertiary/aromatic N) is 2. The molecule has 1 amide bonds. The predicted molar refractivity (Wildman–Crippen MR) is 85.1 cm³/mol. The van der Waals surface area contributed by atoms with Crippen molar-refractivity contribution in [2.75, 3.05) is 19.6 Å². The van der Waals surface area contributed by atoms with Gasteiger partial charge in [-0.1, -0.05) is 6.92 Å². The van der Waals surface area contributed by atoms with Gasteiger partial charge in [-0.2, -0.15) is 0 Å². The molecule has 1 atom stereocenters. The Hall–Kier alpha value is -0.810. The maximum Gasteiger partial charge on any atom is 0.268 e. The van der Waals surface area contributed by atoms with Crippen LogP contribution in [0.1, 0.15) is 50.1 Å². The number of carbonyl (C=O) groups is 1. The molecule has 1 aliphatic heterocycles. The number of aromatic nitrogens is 1. The lowest BCUT2D eigenvalue weighted by molar-refractivity contribution is 0.0895. The van der Waals surface area contributed by atoms with E-state index < -0.39 is 0 Å². The summed E-state index contributed by atoms with van der Waals surface area (Å²) in [6.07, 6.45) is 4.21. The molecule has 1 aromatic rings. The Bertz CT molecular complexity index is 470. The first-order valence-electron chi connectivity index (χ1n) is 7.41. The molecule has 0 saturated carbocycles. The lowest BCUT2D eigenvalue weighted by atomic mass is 10.1. The van der Waals surface area contributed by atoms with Crippen molar-refractivity contribution in [2.45, 2.75) is 45.7 Å². The summed E-state index contributed by atoms with van der Waals surface area (Å²) in [7, 11) is 0. The Kier molecular flexibility index (Phi) is 5.27. The molecule has 0 aliphatic carbocycles. The molecule has 0 bridgehead atoms. The number of amides is 1. The maximum atomic E-state index is 12.5. The molecular weight excluding hydrogens is 318 g/mol. The van der Waals surface area contributed by atoms with Crippen molar-refractivity contribution in [1.82, 2.24) is 14.8 Å². The number of rotatable bonds is 4. The first-order valence-corrected chi connectivity index (χ1v) is 8.21. The Balaban J connectivity index is 2.04. The van der Waals surface area contributed by atoms with Crippen molar-refractivity contribution in [1.29, 1.82) is 0 Å². The molecule has 1 aliphatic rings. The summed E-state index contributed by atoms with van der Waals surface area (Å²) in [6, 6.07) is 2.45. The molecule has 112 valence electrons. The molecule has 1 saturated heterocycles. The van der Waals surface area contributed by atoms with Gasteiger partial charge >= 0.3 is 0 Å². The fraction of sp³-hybridized carbons (Fsp3) is 0.667. The van der Waals surface area contributed by atoms with E-state index in [1.54, 1.807) is 0 Å². The fourth-order valence-electron chi connectivity index (χ4n) is 2.77. The van der Waals surface area contributed by atoms with E-state index in [-0.39, 0.29) is 18.0 Å². The third kappa shape index (κ3) is 3.64. The molecule has 20 heavy (non-hydrogen) atoms. The van der Waals surface area contributed by atoms with Crippen LogP contribution in [0.2, 0.25) is 0 Å². The second kappa shape index (κ2) is 6.76. The number of hydrogen-bond donors (Lipinski definition) is 1. The molecule has 0 radical (unpaired) electrons. The Morgan fingerprint density at radius 1 is 1.55 bits per heavy atom. The minimum Gasteiger partial charge on any atom is -0.347 e. The molecule has 1 unspecified atom stereocenters. The van der Waals surface area contributed by atoms with Crippen molar-refractivity contribution >= 4 is 21.8 Å². The standard InChI is InChI=1S/C15H24BrN3O/c1-4-18-7-5-6-13(10-18)17-15(20)14-8-12(16)9-19(14)11(2)3/h8-9,11,13H,4-7,10H2,1-3H3,(H,17,20). The lowest BCUT2D eigenvalue weighted by Crippen LogP contribution is -2.47. The van der Waals surface area contributed by atoms with Crippen molar-refractivity contribution in [3.05, 3.63) is 22.4 Å². The summed E-state index contributed by atoms with van der Waals surface area (Å²) >= 11 is 3.46. The first-order chi connectivity index (χ1) is 9.51. The van der Waals surface area contributed by atoms with E-state index in [0.29, 0.717) is 0 Å². The number of halogens is 1. The van der Waals surface area contributed by atoms with Gasteiger partial charge < -0.3 is 14.8 Å². The zero-order valence-electron chi connectivity index (χ0n) is 12.5. The number of piperidine rings is 1. The third-order valence-electron chi connectivity index (χ3n) is 3.89. The molecule has 1 aromatic heterocycles. The van der Waals surface area contributed by atoms with E-state index in [1.807, 2.05) is 16.8 Å². The Morgan fingerprint density at radius 3 is 2.95 bits per heavy atom. The monoisotopic (exact) mass is 341 g/mol. The van der Waals surface area contributed by atoms with Gasteiger partial charge in [0, 0.05) is 29.3 Å². The minimum atomic E-state index is 0.0346. The van der Waals surface area contributed by atoms with Crippen molar-refractivity contribution < 1.29 is 4.79 Å². The summed E-state index contributed by atoms with van der Waals surface area (Å²) in [4.78, 5) is 14.9. The van der Waals surface area contributed by atoms with Gasteiger partial charge in [-0.15, -0.1) is 0 Å². The predicted octanol–water partition coefficient (Wildman–Crippen LogP) is 3.05. The van der Waals surface area contributed by atoms with Crippen molar-refractivity contribution in [3.8, 4) is 0 Å². The molecule has 2 rings (SSSR count). The van der Waals surface area contributed by atoms with E-state index in [2.05, 4.69) is 46.9 Å². The van der Waals surface area contributed by atoms with Crippen LogP contribution in [0.4, 0.5) is 0 Å². The smallest absolute Gasteiger partial charge is 0.268 e. The van der Waals surface area contributed by atoms with Gasteiger partial charge in [0.05, 0.1) is 0 Å². The Morgan fingerprint density at radius 2 is 2.30 bits per heavy atom. The van der Waals surface area contributed by atoms with Crippen LogP contribution in [-0.2, 0) is 0 Å². The summed E-state index contributed by atoms with van der Waals surface area (Å²) < 4.78 is 2.97. The van der Waals surface area contributed by atoms with Crippen LogP contribution < -0.4 is 5.32 Å². The summed E-state index contributed by atoms with van der Waals surface area (Å²) in [5, 5.41) is 3.19. The second-order valence-corrected chi connectivity index (χ2v) is 6.67. The van der Waals surface area contributed by atoms with Crippen LogP contribution >= 0.6 is 15.9 Å². The number of hydrogen-bond acceptors (Lipinski definition) is 2. The van der Waals surface area contributed by atoms with Crippen LogP contribution in [0.5, 0.6) is 0 Å². The van der Waals surface area contributed by atoms with Gasteiger partial charge in [0.1, 0.15) is 5.69 Å². The van der Waals surface area contributed by atoms with Gasteiger partial charge in [-0.05, 0) is 61.8 Å². The van der Waals surface area contributed by atoms with E-state index in [9.17, 15) is 4.79 Å². The molecule has 1 fully saturated rings. The third-order valence-corrected chi connectivity index (χ3v) is 4.33. The normalized spacial score (nSPS) is 20.4. The number of nitrogens with one attached hydrogen (secondary N) is 1. The molecule has 0 spiro atoms. The highest BCUT2D eigenvalue weighted by Crippen LogP contribution is 2.20. The molecular formula is C15H24BrN3O. The molecule has 0 aromatic carbocycles. The average molecular weight is 342 g/mol. The van der Waals surface area contributed by atoms with Gasteiger partial charge in [-0.3, -0.25) is 4.79 Å². The number of likely N-dealkylation sites (N-methyl/N-ethyl adjacent to an activating group) is 1. The van der Waals surface area contributed by atoms with Crippen LogP contribution in [-0.4, -0.2) is 41.1 Å². The van der Waals surface area contributed by atoms with Crippen LogP contribution in [0.15, 0.2) is 16.7 Å². The van der Waals surface area contributed by atoms with Gasteiger partial charge in [0.15, 0.2) is 0 Å². The van der Waals surface area contributed by atoms with Gasteiger partial charge in [0.25, 0.3) is 5.91 Å². The largest absolute Gasteiger partial charge is 0.347 e. The summed E-state index contributed by atoms with van der Waals surface area (Å²) in [5.41, 5.74) is 0.737. The Labute approximate surface area is 129 Å². The number of carbonyl (C=O) groups excluding carboxylic acids is 1.